The number of aliphatic carboxylic acids is 1. The lowest BCUT2D eigenvalue weighted by molar-refractivity contribution is -0.141. The molecule has 4 rings (SSSR count). The van der Waals surface area contributed by atoms with Crippen molar-refractivity contribution < 1.29 is 19.7 Å². The summed E-state index contributed by atoms with van der Waals surface area (Å²) in [7, 11) is 1.62. The molecule has 0 saturated carbocycles. The van der Waals surface area contributed by atoms with Crippen molar-refractivity contribution in [3.8, 4) is 5.75 Å². The third kappa shape index (κ3) is 6.55. The molecule has 0 radical (unpaired) electrons. The van der Waals surface area contributed by atoms with Gasteiger partial charge in [0.25, 0.3) is 0 Å². The highest BCUT2D eigenvalue weighted by molar-refractivity contribution is 7.99. The molecule has 8 heteroatoms. The number of hydrogen-bond donors (Lipinski definition) is 2. The molecule has 7 nitrogen and oxygen atoms in total. The fourth-order valence-corrected chi connectivity index (χ4v) is 6.12. The molecule has 0 spiro atoms. The number of fused-ring (bicyclic) bond motifs is 1. The van der Waals surface area contributed by atoms with Crippen LogP contribution in [0.2, 0.25) is 0 Å². The van der Waals surface area contributed by atoms with E-state index in [0.29, 0.717) is 12.8 Å². The topological polar surface area (TPSA) is 95.8 Å². The second-order valence-corrected chi connectivity index (χ2v) is 10.8. The number of pyridine rings is 2. The van der Waals surface area contributed by atoms with Crippen molar-refractivity contribution in [3.05, 3.63) is 59.9 Å². The third-order valence-electron chi connectivity index (χ3n) is 7.34. The van der Waals surface area contributed by atoms with Crippen LogP contribution < -0.4 is 4.74 Å². The van der Waals surface area contributed by atoms with Crippen LogP contribution in [0.4, 0.5) is 0 Å². The van der Waals surface area contributed by atoms with Crippen LogP contribution in [-0.2, 0) is 4.79 Å². The molecule has 192 valence electrons. The zero-order valence-corrected chi connectivity index (χ0v) is 21.8. The fraction of sp³-hybridized carbons (Fsp3) is 0.464. The van der Waals surface area contributed by atoms with Crippen molar-refractivity contribution in [3.63, 3.8) is 0 Å². The van der Waals surface area contributed by atoms with Gasteiger partial charge < -0.3 is 19.8 Å². The standard InChI is InChI=1S/C28H35N3O4S/c1-20-19-30-23-7-6-21(35-2)17-22(23)27(20)24(32)8-9-28(18-26(33)34)10-13-31(14-11-28)15-16-36-25-5-3-4-12-29-25/h3-7,12,17,19,24,32H,8-11,13-16,18H2,1-2H3,(H,33,34)/t24-/m1/s1. The van der Waals surface area contributed by atoms with E-state index in [1.807, 2.05) is 49.5 Å². The first-order chi connectivity index (χ1) is 17.4. The number of thioether (sulfide) groups is 1. The number of piperidine rings is 1. The van der Waals surface area contributed by atoms with Gasteiger partial charge in [-0.25, -0.2) is 4.98 Å². The van der Waals surface area contributed by atoms with Gasteiger partial charge in [-0.3, -0.25) is 9.78 Å². The smallest absolute Gasteiger partial charge is 0.303 e. The maximum absolute atomic E-state index is 11.8. The summed E-state index contributed by atoms with van der Waals surface area (Å²) in [6, 6.07) is 11.6. The summed E-state index contributed by atoms with van der Waals surface area (Å²) in [5.74, 6) is 0.915. The lowest BCUT2D eigenvalue weighted by Crippen LogP contribution is -2.42. The monoisotopic (exact) mass is 509 g/mol. The van der Waals surface area contributed by atoms with Crippen LogP contribution in [0, 0.1) is 12.3 Å². The van der Waals surface area contributed by atoms with Crippen molar-refractivity contribution >= 4 is 28.6 Å². The molecule has 0 amide bonds. The van der Waals surface area contributed by atoms with Gasteiger partial charge in [-0.15, -0.1) is 11.8 Å². The summed E-state index contributed by atoms with van der Waals surface area (Å²) in [6.07, 6.45) is 5.88. The fourth-order valence-electron chi connectivity index (χ4n) is 5.25. The molecule has 1 saturated heterocycles. The first kappa shape index (κ1) is 26.4. The van der Waals surface area contributed by atoms with Gasteiger partial charge in [-0.05, 0) is 92.6 Å². The Bertz CT molecular complexity index is 1170. The molecular weight excluding hydrogens is 474 g/mol. The van der Waals surface area contributed by atoms with Crippen molar-refractivity contribution in [2.75, 3.05) is 32.5 Å². The summed E-state index contributed by atoms with van der Waals surface area (Å²) >= 11 is 1.75. The molecule has 2 N–H and O–H groups in total. The zero-order chi connectivity index (χ0) is 25.5. The third-order valence-corrected chi connectivity index (χ3v) is 8.26. The molecule has 0 bridgehead atoms. The van der Waals surface area contributed by atoms with Crippen LogP contribution in [0.3, 0.4) is 0 Å². The van der Waals surface area contributed by atoms with E-state index in [0.717, 1.165) is 71.0 Å². The Morgan fingerprint density at radius 2 is 2.03 bits per heavy atom. The van der Waals surface area contributed by atoms with Gasteiger partial charge >= 0.3 is 5.97 Å². The van der Waals surface area contributed by atoms with E-state index in [4.69, 9.17) is 4.74 Å². The molecule has 1 aliphatic heterocycles. The lowest BCUT2D eigenvalue weighted by atomic mass is 9.71. The minimum atomic E-state index is -0.765. The first-order valence-electron chi connectivity index (χ1n) is 12.5. The summed E-state index contributed by atoms with van der Waals surface area (Å²) in [6.45, 7) is 4.66. The van der Waals surface area contributed by atoms with E-state index in [2.05, 4.69) is 14.9 Å². The Hall–Kier alpha value is -2.68. The highest BCUT2D eigenvalue weighted by Gasteiger charge is 2.37. The maximum atomic E-state index is 11.8. The highest BCUT2D eigenvalue weighted by Crippen LogP contribution is 2.42. The van der Waals surface area contributed by atoms with Crippen LogP contribution in [0.25, 0.3) is 10.9 Å². The molecule has 36 heavy (non-hydrogen) atoms. The van der Waals surface area contributed by atoms with E-state index in [1.54, 1.807) is 25.1 Å². The minimum Gasteiger partial charge on any atom is -0.497 e. The minimum absolute atomic E-state index is 0.139. The molecule has 1 aromatic carbocycles. The molecule has 0 aliphatic carbocycles. The van der Waals surface area contributed by atoms with Crippen molar-refractivity contribution in [1.82, 2.24) is 14.9 Å². The predicted octanol–water partition coefficient (Wildman–Crippen LogP) is 5.11. The highest BCUT2D eigenvalue weighted by atomic mass is 32.2. The summed E-state index contributed by atoms with van der Waals surface area (Å²) in [5, 5.41) is 22.9. The molecule has 1 fully saturated rings. The Morgan fingerprint density at radius 1 is 1.22 bits per heavy atom. The van der Waals surface area contributed by atoms with Crippen molar-refractivity contribution in [2.45, 2.75) is 50.2 Å². The van der Waals surface area contributed by atoms with Crippen LogP contribution in [-0.4, -0.2) is 63.5 Å². The van der Waals surface area contributed by atoms with Gasteiger partial charge in [0.1, 0.15) is 5.75 Å². The SMILES string of the molecule is COc1ccc2ncc(C)c([C@H](O)CCC3(CC(=O)O)CCN(CCSc4ccccn4)CC3)c2c1. The second kappa shape index (κ2) is 12.0. The number of aryl methyl sites for hydroxylation is 1. The Kier molecular flexibility index (Phi) is 8.82. The summed E-state index contributed by atoms with van der Waals surface area (Å²) in [5.41, 5.74) is 2.29. The van der Waals surface area contributed by atoms with E-state index in [-0.39, 0.29) is 11.8 Å². The molecule has 1 aliphatic rings. The zero-order valence-electron chi connectivity index (χ0n) is 21.0. The average molecular weight is 510 g/mol. The summed E-state index contributed by atoms with van der Waals surface area (Å²) in [4.78, 5) is 23.1. The molecule has 1 atom stereocenters. The number of carbonyl (C=O) groups is 1. The van der Waals surface area contributed by atoms with Crippen molar-refractivity contribution in [1.29, 1.82) is 0 Å². The number of benzene rings is 1. The number of methoxy groups -OCH3 is 1. The van der Waals surface area contributed by atoms with Gasteiger partial charge in [0.2, 0.25) is 0 Å². The van der Waals surface area contributed by atoms with Crippen LogP contribution in [0.5, 0.6) is 5.75 Å². The summed E-state index contributed by atoms with van der Waals surface area (Å²) < 4.78 is 5.39. The Morgan fingerprint density at radius 3 is 2.72 bits per heavy atom. The van der Waals surface area contributed by atoms with Gasteiger partial charge in [0.05, 0.1) is 30.2 Å². The van der Waals surface area contributed by atoms with Gasteiger partial charge in [-0.2, -0.15) is 0 Å². The van der Waals surface area contributed by atoms with Gasteiger partial charge in [0, 0.05) is 30.1 Å². The number of aliphatic hydroxyl groups is 1. The molecule has 0 unspecified atom stereocenters. The predicted molar refractivity (Wildman–Crippen MR) is 143 cm³/mol. The van der Waals surface area contributed by atoms with Gasteiger partial charge in [0.15, 0.2) is 0 Å². The number of aliphatic hydroxyl groups excluding tert-OH is 1. The number of carboxylic acid groups (broad SMARTS) is 1. The lowest BCUT2D eigenvalue weighted by Gasteiger charge is -2.41. The van der Waals surface area contributed by atoms with Crippen LogP contribution in [0.15, 0.2) is 53.8 Å². The average Bonchev–Trinajstić information content (AvgIpc) is 2.88. The number of ether oxygens (including phenoxy) is 1. The van der Waals surface area contributed by atoms with E-state index in [1.165, 1.54) is 0 Å². The molecular formula is C28H35N3O4S. The largest absolute Gasteiger partial charge is 0.497 e. The normalized spacial score (nSPS) is 16.6. The maximum Gasteiger partial charge on any atom is 0.303 e. The number of carboxylic acids is 1. The second-order valence-electron chi connectivity index (χ2n) is 9.72. The van der Waals surface area contributed by atoms with Crippen LogP contribution in [0.1, 0.15) is 49.3 Å². The van der Waals surface area contributed by atoms with E-state index < -0.39 is 12.1 Å². The van der Waals surface area contributed by atoms with Gasteiger partial charge in [-0.1, -0.05) is 6.07 Å². The van der Waals surface area contributed by atoms with E-state index >= 15 is 0 Å². The Labute approximate surface area is 216 Å². The quantitative estimate of drug-likeness (QED) is 0.344. The Balaban J connectivity index is 1.39. The number of nitrogens with zero attached hydrogens (tertiary/aromatic N) is 3. The molecule has 3 heterocycles. The number of aromatic nitrogens is 2. The first-order valence-corrected chi connectivity index (χ1v) is 13.5. The number of rotatable bonds is 11. The number of hydrogen-bond acceptors (Lipinski definition) is 7. The van der Waals surface area contributed by atoms with Crippen LogP contribution >= 0.6 is 11.8 Å². The number of likely N-dealkylation sites (tertiary alicyclic amines) is 1. The van der Waals surface area contributed by atoms with E-state index in [9.17, 15) is 15.0 Å². The van der Waals surface area contributed by atoms with Crippen molar-refractivity contribution in [2.24, 2.45) is 5.41 Å². The molecule has 3 aromatic rings. The molecule has 2 aromatic heterocycles.